The zero-order valence-corrected chi connectivity index (χ0v) is 12.8. The van der Waals surface area contributed by atoms with E-state index in [0.29, 0.717) is 18.7 Å². The molecular formula is C18H18N2O3. The van der Waals surface area contributed by atoms with Gasteiger partial charge in [-0.2, -0.15) is 0 Å². The van der Waals surface area contributed by atoms with Gasteiger partial charge in [-0.3, -0.25) is 4.79 Å². The van der Waals surface area contributed by atoms with Gasteiger partial charge in [-0.15, -0.1) is 0 Å². The lowest BCUT2D eigenvalue weighted by atomic mass is 10.1. The largest absolute Gasteiger partial charge is 0.497 e. The first-order valence-electron chi connectivity index (χ1n) is 7.38. The van der Waals surface area contributed by atoms with E-state index in [1.54, 1.807) is 7.11 Å². The van der Waals surface area contributed by atoms with Crippen LogP contribution in [0.5, 0.6) is 11.5 Å². The molecule has 0 aliphatic carbocycles. The van der Waals surface area contributed by atoms with Crippen LogP contribution >= 0.6 is 0 Å². The van der Waals surface area contributed by atoms with E-state index in [2.05, 4.69) is 10.3 Å². The Morgan fingerprint density at radius 3 is 2.65 bits per heavy atom. The van der Waals surface area contributed by atoms with Gasteiger partial charge in [-0.25, -0.2) is 0 Å². The number of amides is 1. The van der Waals surface area contributed by atoms with E-state index in [4.69, 9.17) is 9.47 Å². The molecule has 0 spiro atoms. The van der Waals surface area contributed by atoms with Crippen LogP contribution in [0.4, 0.5) is 0 Å². The third-order valence-electron chi connectivity index (χ3n) is 3.53. The third kappa shape index (κ3) is 3.63. The van der Waals surface area contributed by atoms with Crippen molar-refractivity contribution >= 4 is 16.8 Å². The molecule has 0 aliphatic heterocycles. The zero-order chi connectivity index (χ0) is 16.1. The molecule has 0 bridgehead atoms. The molecule has 2 aromatic carbocycles. The lowest BCUT2D eigenvalue weighted by molar-refractivity contribution is 0.0947. The number of carbonyl (C=O) groups is 1. The summed E-state index contributed by atoms with van der Waals surface area (Å²) >= 11 is 0. The molecular weight excluding hydrogens is 292 g/mol. The minimum absolute atomic E-state index is 0.111. The Kier molecular flexibility index (Phi) is 4.47. The van der Waals surface area contributed by atoms with E-state index in [0.717, 1.165) is 22.4 Å². The van der Waals surface area contributed by atoms with Gasteiger partial charge in [-0.05, 0) is 47.9 Å². The van der Waals surface area contributed by atoms with Gasteiger partial charge in [-0.1, -0.05) is 6.07 Å². The van der Waals surface area contributed by atoms with Crippen molar-refractivity contribution in [2.24, 2.45) is 0 Å². The summed E-state index contributed by atoms with van der Waals surface area (Å²) in [5.41, 5.74) is 1.58. The number of nitrogens with one attached hydrogen (secondary N) is 2. The van der Waals surface area contributed by atoms with E-state index < -0.39 is 0 Å². The van der Waals surface area contributed by atoms with Crippen molar-refractivity contribution in [3.05, 3.63) is 60.3 Å². The van der Waals surface area contributed by atoms with Crippen molar-refractivity contribution in [1.82, 2.24) is 10.3 Å². The molecule has 0 aliphatic rings. The number of aromatic amines is 1. The van der Waals surface area contributed by atoms with Gasteiger partial charge in [0.25, 0.3) is 5.91 Å². The molecule has 23 heavy (non-hydrogen) atoms. The molecule has 118 valence electrons. The van der Waals surface area contributed by atoms with Crippen LogP contribution in [0.2, 0.25) is 0 Å². The Morgan fingerprint density at radius 2 is 1.87 bits per heavy atom. The Hall–Kier alpha value is -2.95. The number of ether oxygens (including phenoxy) is 2. The Balaban J connectivity index is 1.48. The third-order valence-corrected chi connectivity index (χ3v) is 3.53. The Bertz CT molecular complexity index is 793. The van der Waals surface area contributed by atoms with E-state index in [-0.39, 0.29) is 5.91 Å². The van der Waals surface area contributed by atoms with E-state index in [1.807, 2.05) is 54.7 Å². The highest BCUT2D eigenvalue weighted by Gasteiger charge is 2.06. The topological polar surface area (TPSA) is 63.4 Å². The number of methoxy groups -OCH3 is 1. The summed E-state index contributed by atoms with van der Waals surface area (Å²) in [6, 6.07) is 14.9. The molecule has 3 aromatic rings. The minimum atomic E-state index is -0.111. The average Bonchev–Trinajstić information content (AvgIpc) is 3.06. The van der Waals surface area contributed by atoms with Crippen molar-refractivity contribution < 1.29 is 14.3 Å². The molecule has 5 nitrogen and oxygen atoms in total. The number of rotatable bonds is 6. The van der Waals surface area contributed by atoms with Crippen LogP contribution in [-0.4, -0.2) is 31.2 Å². The number of hydrogen-bond donors (Lipinski definition) is 2. The number of fused-ring (bicyclic) bond motifs is 1. The standard InChI is InChI=1S/C18H18N2O3/c1-22-15-4-6-16(7-5-15)23-11-10-20-18(21)14-3-2-13-8-9-19-17(13)12-14/h2-9,12,19H,10-11H2,1H3,(H,20,21). The fraction of sp³-hybridized carbons (Fsp3) is 0.167. The fourth-order valence-electron chi connectivity index (χ4n) is 2.30. The summed E-state index contributed by atoms with van der Waals surface area (Å²) in [6.07, 6.45) is 1.86. The number of carbonyl (C=O) groups excluding carboxylic acids is 1. The van der Waals surface area contributed by atoms with Gasteiger partial charge >= 0.3 is 0 Å². The maximum Gasteiger partial charge on any atom is 0.251 e. The highest BCUT2D eigenvalue weighted by molar-refractivity contribution is 5.97. The molecule has 0 radical (unpaired) electrons. The first-order valence-corrected chi connectivity index (χ1v) is 7.38. The average molecular weight is 310 g/mol. The van der Waals surface area contributed by atoms with Crippen LogP contribution in [0.25, 0.3) is 10.9 Å². The van der Waals surface area contributed by atoms with Crippen LogP contribution in [0.15, 0.2) is 54.7 Å². The van der Waals surface area contributed by atoms with Gasteiger partial charge in [0, 0.05) is 17.3 Å². The van der Waals surface area contributed by atoms with Crippen molar-refractivity contribution in [1.29, 1.82) is 0 Å². The van der Waals surface area contributed by atoms with Crippen molar-refractivity contribution in [2.75, 3.05) is 20.3 Å². The lowest BCUT2D eigenvalue weighted by Gasteiger charge is -2.08. The molecule has 1 amide bonds. The highest BCUT2D eigenvalue weighted by atomic mass is 16.5. The molecule has 1 aromatic heterocycles. The quantitative estimate of drug-likeness (QED) is 0.688. The second-order valence-electron chi connectivity index (χ2n) is 5.06. The molecule has 2 N–H and O–H groups in total. The minimum Gasteiger partial charge on any atom is -0.497 e. The zero-order valence-electron chi connectivity index (χ0n) is 12.8. The van der Waals surface area contributed by atoms with Crippen LogP contribution in [0.3, 0.4) is 0 Å². The summed E-state index contributed by atoms with van der Waals surface area (Å²) in [7, 11) is 1.62. The molecule has 0 unspecified atom stereocenters. The molecule has 0 saturated heterocycles. The van der Waals surface area contributed by atoms with Crippen molar-refractivity contribution in [3.63, 3.8) is 0 Å². The molecule has 0 saturated carbocycles. The van der Waals surface area contributed by atoms with Crippen LogP contribution in [0, 0.1) is 0 Å². The number of aromatic nitrogens is 1. The summed E-state index contributed by atoms with van der Waals surface area (Å²) in [6.45, 7) is 0.844. The van der Waals surface area contributed by atoms with Crippen molar-refractivity contribution in [2.45, 2.75) is 0 Å². The van der Waals surface area contributed by atoms with E-state index in [9.17, 15) is 4.79 Å². The predicted octanol–water partition coefficient (Wildman–Crippen LogP) is 2.99. The number of benzene rings is 2. The van der Waals surface area contributed by atoms with Crippen LogP contribution in [0.1, 0.15) is 10.4 Å². The molecule has 0 atom stereocenters. The SMILES string of the molecule is COc1ccc(OCCNC(=O)c2ccc3cc[nH]c3c2)cc1. The summed E-state index contributed by atoms with van der Waals surface area (Å²) in [5.74, 6) is 1.41. The summed E-state index contributed by atoms with van der Waals surface area (Å²) in [5, 5.41) is 3.93. The van der Waals surface area contributed by atoms with Crippen LogP contribution < -0.4 is 14.8 Å². The van der Waals surface area contributed by atoms with Gasteiger partial charge < -0.3 is 19.8 Å². The van der Waals surface area contributed by atoms with E-state index >= 15 is 0 Å². The monoisotopic (exact) mass is 310 g/mol. The predicted molar refractivity (Wildman–Crippen MR) is 89.1 cm³/mol. The highest BCUT2D eigenvalue weighted by Crippen LogP contribution is 2.17. The van der Waals surface area contributed by atoms with Crippen molar-refractivity contribution in [3.8, 4) is 11.5 Å². The smallest absolute Gasteiger partial charge is 0.251 e. The first kappa shape index (κ1) is 15.0. The Labute approximate surface area is 134 Å². The Morgan fingerprint density at radius 1 is 1.09 bits per heavy atom. The van der Waals surface area contributed by atoms with Gasteiger partial charge in [0.05, 0.1) is 13.7 Å². The number of hydrogen-bond acceptors (Lipinski definition) is 3. The molecule has 3 rings (SSSR count). The van der Waals surface area contributed by atoms with E-state index in [1.165, 1.54) is 0 Å². The molecule has 5 heteroatoms. The van der Waals surface area contributed by atoms with Gasteiger partial charge in [0.1, 0.15) is 18.1 Å². The lowest BCUT2D eigenvalue weighted by Crippen LogP contribution is -2.28. The first-order chi connectivity index (χ1) is 11.3. The maximum atomic E-state index is 12.1. The second kappa shape index (κ2) is 6.87. The fourth-order valence-corrected chi connectivity index (χ4v) is 2.30. The maximum absolute atomic E-state index is 12.1. The van der Waals surface area contributed by atoms with Crippen LogP contribution in [-0.2, 0) is 0 Å². The van der Waals surface area contributed by atoms with Gasteiger partial charge in [0.2, 0.25) is 0 Å². The molecule has 0 fully saturated rings. The second-order valence-corrected chi connectivity index (χ2v) is 5.06. The normalized spacial score (nSPS) is 10.5. The summed E-state index contributed by atoms with van der Waals surface area (Å²) < 4.78 is 10.7. The number of H-pyrrole nitrogens is 1. The van der Waals surface area contributed by atoms with Gasteiger partial charge in [0.15, 0.2) is 0 Å². The molecule has 1 heterocycles. The summed E-state index contributed by atoms with van der Waals surface area (Å²) in [4.78, 5) is 15.2.